The molecule has 0 saturated heterocycles. The lowest BCUT2D eigenvalue weighted by atomic mass is 10.1. The van der Waals surface area contributed by atoms with Gasteiger partial charge in [0.15, 0.2) is 9.84 Å². The highest BCUT2D eigenvalue weighted by Crippen LogP contribution is 2.28. The molecular weight excluding hydrogens is 282 g/mol. The van der Waals surface area contributed by atoms with Crippen molar-refractivity contribution in [2.24, 2.45) is 0 Å². The number of nitrogens with one attached hydrogen (secondary N) is 1. The Morgan fingerprint density at radius 1 is 1.35 bits per heavy atom. The van der Waals surface area contributed by atoms with Gasteiger partial charge in [0.05, 0.1) is 31.7 Å². The monoisotopic (exact) mass is 303 g/mol. The van der Waals surface area contributed by atoms with Crippen molar-refractivity contribution in [2.45, 2.75) is 25.1 Å². The summed E-state index contributed by atoms with van der Waals surface area (Å²) in [4.78, 5) is 8.37. The fraction of sp³-hybridized carbons (Fsp3) is 0.667. The summed E-state index contributed by atoms with van der Waals surface area (Å²) in [5.41, 5.74) is 0.452. The maximum atomic E-state index is 11.8. The van der Waals surface area contributed by atoms with E-state index in [0.717, 1.165) is 0 Å². The van der Waals surface area contributed by atoms with E-state index in [4.69, 9.17) is 9.47 Å². The third kappa shape index (κ3) is 3.80. The molecule has 0 bridgehead atoms. The molecule has 0 aliphatic heterocycles. The number of hydrogen-bond acceptors (Lipinski definition) is 7. The van der Waals surface area contributed by atoms with E-state index in [9.17, 15) is 8.42 Å². The van der Waals surface area contributed by atoms with Crippen LogP contribution in [0.15, 0.2) is 6.20 Å². The summed E-state index contributed by atoms with van der Waals surface area (Å²) < 4.78 is 33.8. The summed E-state index contributed by atoms with van der Waals surface area (Å²) in [6.07, 6.45) is 2.64. The SMILES string of the molecule is CCNC(c1ncc(OC)nc1OC)C(C)S(C)(=O)=O. The predicted molar refractivity (Wildman–Crippen MR) is 75.9 cm³/mol. The lowest BCUT2D eigenvalue weighted by molar-refractivity contribution is 0.348. The number of rotatable bonds is 7. The Kier molecular flexibility index (Phi) is 5.70. The van der Waals surface area contributed by atoms with Crippen molar-refractivity contribution in [1.29, 1.82) is 0 Å². The molecule has 0 radical (unpaired) electrons. The molecule has 0 aromatic carbocycles. The van der Waals surface area contributed by atoms with Gasteiger partial charge in [0, 0.05) is 6.26 Å². The number of methoxy groups -OCH3 is 2. The molecule has 0 spiro atoms. The molecule has 1 heterocycles. The van der Waals surface area contributed by atoms with Crippen LogP contribution < -0.4 is 14.8 Å². The molecule has 1 aromatic rings. The fourth-order valence-corrected chi connectivity index (χ4v) is 2.50. The summed E-state index contributed by atoms with van der Waals surface area (Å²) in [6, 6.07) is -0.497. The van der Waals surface area contributed by atoms with E-state index in [1.165, 1.54) is 26.7 Å². The Morgan fingerprint density at radius 3 is 2.45 bits per heavy atom. The van der Waals surface area contributed by atoms with Gasteiger partial charge in [-0.25, -0.2) is 13.4 Å². The number of aromatic nitrogens is 2. The van der Waals surface area contributed by atoms with E-state index >= 15 is 0 Å². The molecule has 0 saturated carbocycles. The van der Waals surface area contributed by atoms with E-state index in [-0.39, 0.29) is 5.88 Å². The summed E-state index contributed by atoms with van der Waals surface area (Å²) in [5, 5.41) is 2.46. The molecule has 8 heteroatoms. The first-order valence-electron chi connectivity index (χ1n) is 6.22. The van der Waals surface area contributed by atoms with E-state index in [2.05, 4.69) is 15.3 Å². The first-order valence-corrected chi connectivity index (χ1v) is 8.17. The number of nitrogens with zero attached hydrogens (tertiary/aromatic N) is 2. The van der Waals surface area contributed by atoms with Gasteiger partial charge in [0.1, 0.15) is 5.69 Å². The standard InChI is InChI=1S/C12H21N3O4S/c1-6-13-10(8(2)20(5,16)17)11-12(19-4)15-9(18-3)7-14-11/h7-8,10,13H,6H2,1-5H3. The molecule has 20 heavy (non-hydrogen) atoms. The second kappa shape index (κ2) is 6.85. The smallest absolute Gasteiger partial charge is 0.240 e. The summed E-state index contributed by atoms with van der Waals surface area (Å²) in [6.45, 7) is 4.13. The first kappa shape index (κ1) is 16.6. The largest absolute Gasteiger partial charge is 0.480 e. The van der Waals surface area contributed by atoms with Crippen molar-refractivity contribution in [3.63, 3.8) is 0 Å². The summed E-state index contributed by atoms with van der Waals surface area (Å²) in [5.74, 6) is 0.568. The Morgan fingerprint density at radius 2 is 2.00 bits per heavy atom. The predicted octanol–water partition coefficient (Wildman–Crippen LogP) is 0.577. The quantitative estimate of drug-likeness (QED) is 0.787. The first-order chi connectivity index (χ1) is 9.35. The molecule has 7 nitrogen and oxygen atoms in total. The number of hydrogen-bond donors (Lipinski definition) is 1. The highest BCUT2D eigenvalue weighted by Gasteiger charge is 2.31. The minimum Gasteiger partial charge on any atom is -0.480 e. The van der Waals surface area contributed by atoms with Crippen LogP contribution in [0.2, 0.25) is 0 Å². The lowest BCUT2D eigenvalue weighted by Crippen LogP contribution is -2.36. The van der Waals surface area contributed by atoms with Crippen molar-refractivity contribution in [3.05, 3.63) is 11.9 Å². The third-order valence-electron chi connectivity index (χ3n) is 3.01. The van der Waals surface area contributed by atoms with Crippen LogP contribution in [0.3, 0.4) is 0 Å². The number of sulfone groups is 1. The maximum absolute atomic E-state index is 11.8. The van der Waals surface area contributed by atoms with Gasteiger partial charge in [-0.1, -0.05) is 6.92 Å². The van der Waals surface area contributed by atoms with Crippen LogP contribution in [0, 0.1) is 0 Å². The topological polar surface area (TPSA) is 90.4 Å². The zero-order valence-corrected chi connectivity index (χ0v) is 13.2. The highest BCUT2D eigenvalue weighted by atomic mass is 32.2. The minimum absolute atomic E-state index is 0.255. The van der Waals surface area contributed by atoms with Gasteiger partial charge >= 0.3 is 0 Å². The molecule has 0 fully saturated rings. The Bertz CT molecular complexity index is 548. The van der Waals surface area contributed by atoms with Gasteiger partial charge in [-0.2, -0.15) is 4.98 Å². The van der Waals surface area contributed by atoms with Crippen LogP contribution in [0.25, 0.3) is 0 Å². The molecular formula is C12H21N3O4S. The number of ether oxygens (including phenoxy) is 2. The fourth-order valence-electron chi connectivity index (χ4n) is 1.78. The summed E-state index contributed by atoms with van der Waals surface area (Å²) in [7, 11) is -0.295. The van der Waals surface area contributed by atoms with E-state index in [1.54, 1.807) is 6.92 Å². The maximum Gasteiger partial charge on any atom is 0.240 e. The van der Waals surface area contributed by atoms with Gasteiger partial charge in [-0.3, -0.25) is 0 Å². The van der Waals surface area contributed by atoms with E-state index < -0.39 is 21.1 Å². The molecule has 2 atom stereocenters. The van der Waals surface area contributed by atoms with Gasteiger partial charge in [0.25, 0.3) is 0 Å². The molecule has 1 aromatic heterocycles. The zero-order chi connectivity index (χ0) is 15.3. The van der Waals surface area contributed by atoms with Crippen molar-refractivity contribution in [2.75, 3.05) is 27.0 Å². The zero-order valence-electron chi connectivity index (χ0n) is 12.4. The van der Waals surface area contributed by atoms with Crippen LogP contribution in [-0.4, -0.2) is 50.7 Å². The molecule has 2 unspecified atom stereocenters. The van der Waals surface area contributed by atoms with Gasteiger partial charge < -0.3 is 14.8 Å². The Balaban J connectivity index is 3.27. The van der Waals surface area contributed by atoms with E-state index in [0.29, 0.717) is 18.1 Å². The van der Waals surface area contributed by atoms with Gasteiger partial charge in [-0.15, -0.1) is 0 Å². The second-order valence-electron chi connectivity index (χ2n) is 4.38. The Hall–Kier alpha value is -1.41. The molecule has 0 aliphatic rings. The van der Waals surface area contributed by atoms with Crippen LogP contribution in [0.5, 0.6) is 11.8 Å². The lowest BCUT2D eigenvalue weighted by Gasteiger charge is -2.24. The Labute approximate surface area is 119 Å². The average Bonchev–Trinajstić information content (AvgIpc) is 2.42. The molecule has 114 valence electrons. The van der Waals surface area contributed by atoms with Gasteiger partial charge in [0.2, 0.25) is 11.8 Å². The summed E-state index contributed by atoms with van der Waals surface area (Å²) >= 11 is 0. The minimum atomic E-state index is -3.23. The molecule has 1 N–H and O–H groups in total. The third-order valence-corrected chi connectivity index (χ3v) is 4.63. The van der Waals surface area contributed by atoms with Crippen molar-refractivity contribution < 1.29 is 17.9 Å². The normalized spacial score (nSPS) is 14.7. The molecule has 1 rings (SSSR count). The average molecular weight is 303 g/mol. The van der Waals surface area contributed by atoms with Crippen LogP contribution in [0.1, 0.15) is 25.6 Å². The molecule has 0 amide bonds. The van der Waals surface area contributed by atoms with Crippen molar-refractivity contribution in [1.82, 2.24) is 15.3 Å². The van der Waals surface area contributed by atoms with Crippen LogP contribution in [0.4, 0.5) is 0 Å². The second-order valence-corrected chi connectivity index (χ2v) is 6.78. The van der Waals surface area contributed by atoms with Crippen molar-refractivity contribution >= 4 is 9.84 Å². The van der Waals surface area contributed by atoms with Crippen LogP contribution in [-0.2, 0) is 9.84 Å². The van der Waals surface area contributed by atoms with Crippen LogP contribution >= 0.6 is 0 Å². The van der Waals surface area contributed by atoms with E-state index in [1.807, 2.05) is 6.92 Å². The highest BCUT2D eigenvalue weighted by molar-refractivity contribution is 7.91. The molecule has 0 aliphatic carbocycles. The van der Waals surface area contributed by atoms with Crippen molar-refractivity contribution in [3.8, 4) is 11.8 Å². The van der Waals surface area contributed by atoms with Gasteiger partial charge in [-0.05, 0) is 13.5 Å².